The summed E-state index contributed by atoms with van der Waals surface area (Å²) in [5.41, 5.74) is 3.13. The first-order valence-electron chi connectivity index (χ1n) is 9.11. The molecule has 0 spiro atoms. The topological polar surface area (TPSA) is 49.4 Å². The molecule has 140 valence electrons. The maximum absolute atomic E-state index is 13.2. The second kappa shape index (κ2) is 7.87. The van der Waals surface area contributed by atoms with Crippen molar-refractivity contribution in [1.29, 1.82) is 0 Å². The normalized spacial score (nSPS) is 13.9. The van der Waals surface area contributed by atoms with Crippen molar-refractivity contribution in [3.05, 3.63) is 101 Å². The summed E-state index contributed by atoms with van der Waals surface area (Å²) in [6, 6.07) is 23.7. The first-order valence-corrected chi connectivity index (χ1v) is 9.49. The number of rotatable bonds is 5. The highest BCUT2D eigenvalue weighted by Gasteiger charge is 2.36. The molecule has 28 heavy (non-hydrogen) atoms. The summed E-state index contributed by atoms with van der Waals surface area (Å²) < 4.78 is 0. The lowest BCUT2D eigenvalue weighted by Crippen LogP contribution is -2.45. The third-order valence-corrected chi connectivity index (χ3v) is 5.26. The smallest absolute Gasteiger partial charge is 0.255 e. The number of carbonyl (C=O) groups excluding carboxylic acids is 2. The van der Waals surface area contributed by atoms with E-state index in [0.717, 1.165) is 11.1 Å². The first-order chi connectivity index (χ1) is 13.6. The number of benzene rings is 3. The molecule has 1 atom stereocenters. The van der Waals surface area contributed by atoms with E-state index in [-0.39, 0.29) is 11.8 Å². The van der Waals surface area contributed by atoms with Crippen LogP contribution in [-0.4, -0.2) is 22.8 Å². The lowest BCUT2D eigenvalue weighted by molar-refractivity contribution is -0.120. The molecule has 0 saturated carbocycles. The minimum absolute atomic E-state index is 0.120. The molecule has 0 aromatic heterocycles. The quantitative estimate of drug-likeness (QED) is 0.695. The summed E-state index contributed by atoms with van der Waals surface area (Å²) in [6.45, 7) is 0.419. The number of halogens is 1. The summed E-state index contributed by atoms with van der Waals surface area (Å²) in [5.74, 6) is -0.371. The van der Waals surface area contributed by atoms with Gasteiger partial charge in [0.05, 0.1) is 10.7 Å². The van der Waals surface area contributed by atoms with Gasteiger partial charge in [0.15, 0.2) is 0 Å². The highest BCUT2D eigenvalue weighted by molar-refractivity contribution is 6.33. The van der Waals surface area contributed by atoms with Crippen molar-refractivity contribution < 1.29 is 9.59 Å². The van der Waals surface area contributed by atoms with Crippen LogP contribution < -0.4 is 5.32 Å². The first kappa shape index (κ1) is 18.3. The Kier molecular flexibility index (Phi) is 5.13. The van der Waals surface area contributed by atoms with Crippen LogP contribution in [-0.2, 0) is 17.8 Å². The zero-order valence-corrected chi connectivity index (χ0v) is 15.9. The average Bonchev–Trinajstić information content (AvgIpc) is 3.05. The predicted octanol–water partition coefficient (Wildman–Crippen LogP) is 4.55. The number of hydrogen-bond acceptors (Lipinski definition) is 2. The van der Waals surface area contributed by atoms with Crippen LogP contribution in [0.1, 0.15) is 21.5 Å². The van der Waals surface area contributed by atoms with E-state index in [1.54, 1.807) is 23.1 Å². The Morgan fingerprint density at radius 1 is 0.964 bits per heavy atom. The van der Waals surface area contributed by atoms with Gasteiger partial charge in [-0.05, 0) is 29.3 Å². The van der Waals surface area contributed by atoms with E-state index in [4.69, 9.17) is 11.6 Å². The molecule has 3 aromatic carbocycles. The van der Waals surface area contributed by atoms with Crippen molar-refractivity contribution in [2.24, 2.45) is 0 Å². The molecule has 1 aliphatic rings. The third kappa shape index (κ3) is 3.64. The van der Waals surface area contributed by atoms with Gasteiger partial charge in [-0.15, -0.1) is 0 Å². The number of nitrogens with zero attached hydrogens (tertiary/aromatic N) is 1. The van der Waals surface area contributed by atoms with Gasteiger partial charge >= 0.3 is 0 Å². The number of anilines is 1. The highest BCUT2D eigenvalue weighted by atomic mass is 35.5. The predicted molar refractivity (Wildman–Crippen MR) is 110 cm³/mol. The number of fused-ring (bicyclic) bond motifs is 1. The SMILES string of the molecule is O=C(Nc1ccccc1Cl)[C@@H](Cc1ccccc1)N1Cc2ccccc2C1=O. The Morgan fingerprint density at radius 3 is 2.39 bits per heavy atom. The van der Waals surface area contributed by atoms with Crippen LogP contribution in [0.15, 0.2) is 78.9 Å². The molecule has 0 saturated heterocycles. The fourth-order valence-electron chi connectivity index (χ4n) is 3.49. The van der Waals surface area contributed by atoms with Crippen LogP contribution >= 0.6 is 11.6 Å². The van der Waals surface area contributed by atoms with Crippen molar-refractivity contribution >= 4 is 29.1 Å². The van der Waals surface area contributed by atoms with E-state index in [1.165, 1.54) is 0 Å². The number of hydrogen-bond donors (Lipinski definition) is 1. The largest absolute Gasteiger partial charge is 0.323 e. The van der Waals surface area contributed by atoms with Crippen molar-refractivity contribution in [2.75, 3.05) is 5.32 Å². The average molecular weight is 391 g/mol. The molecule has 1 N–H and O–H groups in total. The van der Waals surface area contributed by atoms with Crippen LogP contribution in [0.5, 0.6) is 0 Å². The van der Waals surface area contributed by atoms with Gasteiger partial charge in [-0.2, -0.15) is 0 Å². The number of nitrogens with one attached hydrogen (secondary N) is 1. The lowest BCUT2D eigenvalue weighted by atomic mass is 10.0. The summed E-state index contributed by atoms with van der Waals surface area (Å²) in [4.78, 5) is 27.8. The van der Waals surface area contributed by atoms with Crippen molar-refractivity contribution in [3.8, 4) is 0 Å². The molecule has 5 heteroatoms. The Balaban J connectivity index is 1.64. The zero-order chi connectivity index (χ0) is 19.5. The Bertz CT molecular complexity index is 1020. The summed E-state index contributed by atoms with van der Waals surface area (Å²) in [7, 11) is 0. The van der Waals surface area contributed by atoms with Crippen LogP contribution in [0.4, 0.5) is 5.69 Å². The molecule has 0 aliphatic carbocycles. The molecule has 4 rings (SSSR count). The number of carbonyl (C=O) groups is 2. The van der Waals surface area contributed by atoms with E-state index in [2.05, 4.69) is 5.32 Å². The van der Waals surface area contributed by atoms with Crippen molar-refractivity contribution in [2.45, 2.75) is 19.0 Å². The molecule has 3 aromatic rings. The molecular formula is C23H19ClN2O2. The molecule has 1 aliphatic heterocycles. The molecule has 0 fully saturated rings. The number of amides is 2. The zero-order valence-electron chi connectivity index (χ0n) is 15.1. The van der Waals surface area contributed by atoms with Gasteiger partial charge < -0.3 is 10.2 Å². The highest BCUT2D eigenvalue weighted by Crippen LogP contribution is 2.27. The van der Waals surface area contributed by atoms with Crippen molar-refractivity contribution in [3.63, 3.8) is 0 Å². The monoisotopic (exact) mass is 390 g/mol. The molecule has 2 amide bonds. The van der Waals surface area contributed by atoms with Gasteiger partial charge in [0.1, 0.15) is 6.04 Å². The Morgan fingerprint density at radius 2 is 1.64 bits per heavy atom. The van der Waals surface area contributed by atoms with Gasteiger partial charge in [0, 0.05) is 18.5 Å². The maximum Gasteiger partial charge on any atom is 0.255 e. The van der Waals surface area contributed by atoms with Crippen LogP contribution in [0.3, 0.4) is 0 Å². The molecule has 0 radical (unpaired) electrons. The Hall–Kier alpha value is -3.11. The van der Waals surface area contributed by atoms with Gasteiger partial charge in [0.25, 0.3) is 5.91 Å². The minimum atomic E-state index is -0.640. The van der Waals surface area contributed by atoms with Crippen LogP contribution in [0, 0.1) is 0 Å². The standard InChI is InChI=1S/C23H19ClN2O2/c24-19-12-6-7-13-20(19)25-22(27)21(14-16-8-2-1-3-9-16)26-15-17-10-4-5-11-18(17)23(26)28/h1-13,21H,14-15H2,(H,25,27)/t21-/m1/s1. The molecule has 0 bridgehead atoms. The van der Waals surface area contributed by atoms with E-state index in [0.29, 0.717) is 29.2 Å². The summed E-state index contributed by atoms with van der Waals surface area (Å²) >= 11 is 6.20. The van der Waals surface area contributed by atoms with Gasteiger partial charge in [-0.3, -0.25) is 9.59 Å². The van der Waals surface area contributed by atoms with Gasteiger partial charge in [-0.1, -0.05) is 72.3 Å². The Labute approximate surface area is 168 Å². The van der Waals surface area contributed by atoms with E-state index < -0.39 is 6.04 Å². The molecular weight excluding hydrogens is 372 g/mol. The summed E-state index contributed by atoms with van der Waals surface area (Å²) in [6.07, 6.45) is 0.427. The van der Waals surface area contributed by atoms with Crippen LogP contribution in [0.25, 0.3) is 0 Å². The second-order valence-corrected chi connectivity index (χ2v) is 7.17. The minimum Gasteiger partial charge on any atom is -0.323 e. The molecule has 1 heterocycles. The van der Waals surface area contributed by atoms with Gasteiger partial charge in [-0.25, -0.2) is 0 Å². The maximum atomic E-state index is 13.2. The third-order valence-electron chi connectivity index (χ3n) is 4.93. The number of para-hydroxylation sites is 1. The lowest BCUT2D eigenvalue weighted by Gasteiger charge is -2.27. The van der Waals surface area contributed by atoms with Crippen LogP contribution in [0.2, 0.25) is 5.02 Å². The molecule has 0 unspecified atom stereocenters. The fourth-order valence-corrected chi connectivity index (χ4v) is 3.67. The fraction of sp³-hybridized carbons (Fsp3) is 0.130. The molecule has 4 nitrogen and oxygen atoms in total. The van der Waals surface area contributed by atoms with E-state index >= 15 is 0 Å². The summed E-state index contributed by atoms with van der Waals surface area (Å²) in [5, 5.41) is 3.35. The van der Waals surface area contributed by atoms with E-state index in [9.17, 15) is 9.59 Å². The van der Waals surface area contributed by atoms with Crippen molar-refractivity contribution in [1.82, 2.24) is 4.90 Å². The second-order valence-electron chi connectivity index (χ2n) is 6.76. The van der Waals surface area contributed by atoms with E-state index in [1.807, 2.05) is 60.7 Å². The van der Waals surface area contributed by atoms with Gasteiger partial charge in [0.2, 0.25) is 5.91 Å².